The van der Waals surface area contributed by atoms with Gasteiger partial charge in [-0.25, -0.2) is 0 Å². The van der Waals surface area contributed by atoms with Crippen LogP contribution < -0.4 is 4.74 Å². The summed E-state index contributed by atoms with van der Waals surface area (Å²) in [4.78, 5) is 0. The van der Waals surface area contributed by atoms with E-state index in [1.807, 2.05) is 22.6 Å². The van der Waals surface area contributed by atoms with E-state index in [-0.39, 0.29) is 0 Å². The number of hydrogen-bond donors (Lipinski definition) is 0. The Bertz CT molecular complexity index is 260. The van der Waals surface area contributed by atoms with Crippen molar-refractivity contribution in [2.24, 2.45) is 0 Å². The molecular formula is C5H2F3IN2O. The molecule has 0 aliphatic heterocycles. The molecule has 0 fully saturated rings. The molecule has 0 N–H and O–H groups in total. The Morgan fingerprint density at radius 2 is 1.92 bits per heavy atom. The van der Waals surface area contributed by atoms with Gasteiger partial charge in [-0.15, -0.1) is 23.4 Å². The Morgan fingerprint density at radius 1 is 1.25 bits per heavy atom. The summed E-state index contributed by atoms with van der Waals surface area (Å²) in [7, 11) is 0. The summed E-state index contributed by atoms with van der Waals surface area (Å²) in [5.41, 5.74) is 0. The summed E-state index contributed by atoms with van der Waals surface area (Å²) in [6, 6.07) is 2.47. The number of aromatic nitrogens is 2. The third-order valence-corrected chi connectivity index (χ3v) is 1.40. The van der Waals surface area contributed by atoms with Gasteiger partial charge < -0.3 is 4.74 Å². The topological polar surface area (TPSA) is 35.0 Å². The molecular weight excluding hydrogens is 288 g/mol. The molecule has 0 aliphatic carbocycles. The van der Waals surface area contributed by atoms with Gasteiger partial charge in [-0.05, 0) is 28.7 Å². The molecule has 1 heterocycles. The molecule has 0 saturated heterocycles. The van der Waals surface area contributed by atoms with Crippen LogP contribution in [0.5, 0.6) is 5.88 Å². The summed E-state index contributed by atoms with van der Waals surface area (Å²) in [5, 5.41) is 6.54. The van der Waals surface area contributed by atoms with Gasteiger partial charge in [0.05, 0.1) is 0 Å². The van der Waals surface area contributed by atoms with Crippen molar-refractivity contribution in [3.63, 3.8) is 0 Å². The molecule has 0 amide bonds. The van der Waals surface area contributed by atoms with E-state index < -0.39 is 12.2 Å². The van der Waals surface area contributed by atoms with Crippen molar-refractivity contribution < 1.29 is 17.9 Å². The number of halogens is 4. The first kappa shape index (κ1) is 9.49. The largest absolute Gasteiger partial charge is 0.574 e. The molecule has 12 heavy (non-hydrogen) atoms. The lowest BCUT2D eigenvalue weighted by molar-refractivity contribution is -0.276. The average Bonchev–Trinajstić information content (AvgIpc) is 1.91. The van der Waals surface area contributed by atoms with E-state index in [0.717, 1.165) is 6.07 Å². The summed E-state index contributed by atoms with van der Waals surface area (Å²) >= 11 is 1.82. The van der Waals surface area contributed by atoms with Crippen LogP contribution in [-0.2, 0) is 0 Å². The molecule has 0 saturated carbocycles. The van der Waals surface area contributed by atoms with Gasteiger partial charge in [0.2, 0.25) is 5.88 Å². The highest BCUT2D eigenvalue weighted by atomic mass is 127. The van der Waals surface area contributed by atoms with Crippen molar-refractivity contribution in [1.82, 2.24) is 10.2 Å². The Hall–Kier alpha value is -0.600. The molecule has 0 unspecified atom stereocenters. The SMILES string of the molecule is FC(F)(F)Oc1ccc(I)nn1. The fraction of sp³-hybridized carbons (Fsp3) is 0.200. The van der Waals surface area contributed by atoms with Crippen molar-refractivity contribution >= 4 is 22.6 Å². The van der Waals surface area contributed by atoms with Gasteiger partial charge in [-0.3, -0.25) is 0 Å². The van der Waals surface area contributed by atoms with Crippen molar-refractivity contribution in [3.8, 4) is 5.88 Å². The fourth-order valence-corrected chi connectivity index (χ4v) is 0.764. The predicted molar refractivity (Wildman–Crippen MR) is 41.4 cm³/mol. The van der Waals surface area contributed by atoms with Crippen LogP contribution in [0.1, 0.15) is 0 Å². The average molecular weight is 290 g/mol. The van der Waals surface area contributed by atoms with Gasteiger partial charge in [-0.2, -0.15) is 0 Å². The molecule has 0 aromatic carbocycles. The van der Waals surface area contributed by atoms with Gasteiger partial charge in [-0.1, -0.05) is 0 Å². The number of rotatable bonds is 1. The van der Waals surface area contributed by atoms with E-state index in [1.165, 1.54) is 6.07 Å². The van der Waals surface area contributed by atoms with Crippen LogP contribution in [0.25, 0.3) is 0 Å². The second-order valence-electron chi connectivity index (χ2n) is 1.74. The van der Waals surface area contributed by atoms with Gasteiger partial charge in [0.15, 0.2) is 0 Å². The first-order valence-electron chi connectivity index (χ1n) is 2.72. The normalized spacial score (nSPS) is 11.3. The third-order valence-electron chi connectivity index (χ3n) is 0.828. The Kier molecular flexibility index (Phi) is 2.70. The lowest BCUT2D eigenvalue weighted by Gasteiger charge is -2.05. The minimum atomic E-state index is -4.71. The molecule has 0 bridgehead atoms. The Morgan fingerprint density at radius 3 is 2.33 bits per heavy atom. The van der Waals surface area contributed by atoms with E-state index in [0.29, 0.717) is 3.70 Å². The highest BCUT2D eigenvalue weighted by molar-refractivity contribution is 14.1. The van der Waals surface area contributed by atoms with Crippen molar-refractivity contribution in [1.29, 1.82) is 0 Å². The van der Waals surface area contributed by atoms with Crippen LogP contribution in [0, 0.1) is 3.70 Å². The first-order chi connectivity index (χ1) is 5.47. The number of nitrogens with zero attached hydrogens (tertiary/aromatic N) is 2. The van der Waals surface area contributed by atoms with Crippen molar-refractivity contribution in [3.05, 3.63) is 15.8 Å². The van der Waals surface area contributed by atoms with Crippen LogP contribution in [-0.4, -0.2) is 16.6 Å². The molecule has 1 rings (SSSR count). The molecule has 0 spiro atoms. The summed E-state index contributed by atoms with van der Waals surface area (Å²) in [6.45, 7) is 0. The maximum Gasteiger partial charge on any atom is 0.574 e. The molecule has 1 aromatic heterocycles. The minimum absolute atomic E-state index is 0.502. The van der Waals surface area contributed by atoms with E-state index >= 15 is 0 Å². The monoisotopic (exact) mass is 290 g/mol. The maximum absolute atomic E-state index is 11.6. The van der Waals surface area contributed by atoms with Crippen molar-refractivity contribution in [2.75, 3.05) is 0 Å². The number of alkyl halides is 3. The number of hydrogen-bond acceptors (Lipinski definition) is 3. The summed E-state index contributed by atoms with van der Waals surface area (Å²) < 4.78 is 38.6. The zero-order valence-electron chi connectivity index (χ0n) is 5.47. The van der Waals surface area contributed by atoms with Gasteiger partial charge in [0.1, 0.15) is 3.70 Å². The zero-order valence-corrected chi connectivity index (χ0v) is 7.63. The fourth-order valence-electron chi connectivity index (χ4n) is 0.477. The van der Waals surface area contributed by atoms with Crippen LogP contribution in [0.2, 0.25) is 0 Å². The molecule has 3 nitrogen and oxygen atoms in total. The zero-order chi connectivity index (χ0) is 9.19. The molecule has 0 aliphatic rings. The van der Waals surface area contributed by atoms with E-state index in [9.17, 15) is 13.2 Å². The molecule has 1 aromatic rings. The Balaban J connectivity index is 2.71. The molecule has 0 atom stereocenters. The summed E-state index contributed by atoms with van der Waals surface area (Å²) in [6.07, 6.45) is -4.71. The van der Waals surface area contributed by atoms with E-state index in [2.05, 4.69) is 14.9 Å². The second-order valence-corrected chi connectivity index (χ2v) is 2.85. The summed E-state index contributed by atoms with van der Waals surface area (Å²) in [5.74, 6) is -0.553. The molecule has 66 valence electrons. The van der Waals surface area contributed by atoms with Gasteiger partial charge in [0, 0.05) is 6.07 Å². The van der Waals surface area contributed by atoms with E-state index in [4.69, 9.17) is 0 Å². The highest BCUT2D eigenvalue weighted by Crippen LogP contribution is 2.19. The predicted octanol–water partition coefficient (Wildman–Crippen LogP) is 1.98. The van der Waals surface area contributed by atoms with Gasteiger partial charge in [0.25, 0.3) is 0 Å². The lowest BCUT2D eigenvalue weighted by atomic mass is 10.6. The smallest absolute Gasteiger partial charge is 0.386 e. The van der Waals surface area contributed by atoms with Crippen molar-refractivity contribution in [2.45, 2.75) is 6.36 Å². The minimum Gasteiger partial charge on any atom is -0.386 e. The molecule has 7 heteroatoms. The Labute approximate surface area is 79.1 Å². The molecule has 0 radical (unpaired) electrons. The lowest BCUT2D eigenvalue weighted by Crippen LogP contribution is -2.18. The second kappa shape index (κ2) is 3.42. The van der Waals surface area contributed by atoms with E-state index in [1.54, 1.807) is 0 Å². The third kappa shape index (κ3) is 3.20. The van der Waals surface area contributed by atoms with Crippen LogP contribution in [0.15, 0.2) is 12.1 Å². The van der Waals surface area contributed by atoms with Crippen LogP contribution in [0.4, 0.5) is 13.2 Å². The number of ether oxygens (including phenoxy) is 1. The first-order valence-corrected chi connectivity index (χ1v) is 3.80. The van der Waals surface area contributed by atoms with Crippen LogP contribution >= 0.6 is 22.6 Å². The highest BCUT2D eigenvalue weighted by Gasteiger charge is 2.31. The van der Waals surface area contributed by atoms with Crippen LogP contribution in [0.3, 0.4) is 0 Å². The maximum atomic E-state index is 11.6. The quantitative estimate of drug-likeness (QED) is 0.742. The standard InChI is InChI=1S/C5H2F3IN2O/c6-5(7,8)12-4-2-1-3(9)10-11-4/h1-2H. The van der Waals surface area contributed by atoms with Gasteiger partial charge >= 0.3 is 6.36 Å².